The Balaban J connectivity index is 2.15. The Morgan fingerprint density at radius 3 is 2.79 bits per heavy atom. The summed E-state index contributed by atoms with van der Waals surface area (Å²) in [4.78, 5) is 19.3. The second kappa shape index (κ2) is 5.47. The van der Waals surface area contributed by atoms with E-state index in [-0.39, 0.29) is 5.56 Å². The number of pyridine rings is 1. The zero-order chi connectivity index (χ0) is 13.8. The minimum atomic E-state index is -0.978. The van der Waals surface area contributed by atoms with E-state index in [1.54, 1.807) is 13.0 Å². The van der Waals surface area contributed by atoms with Gasteiger partial charge < -0.3 is 14.9 Å². The van der Waals surface area contributed by atoms with Gasteiger partial charge in [0.25, 0.3) is 0 Å². The third-order valence-electron chi connectivity index (χ3n) is 2.48. The van der Waals surface area contributed by atoms with Crippen molar-refractivity contribution < 1.29 is 14.4 Å². The van der Waals surface area contributed by atoms with Gasteiger partial charge >= 0.3 is 5.97 Å². The molecule has 2 rings (SSSR count). The molecule has 0 unspecified atom stereocenters. The van der Waals surface area contributed by atoms with E-state index >= 15 is 0 Å². The Kier molecular flexibility index (Phi) is 3.74. The molecule has 0 aliphatic carbocycles. The molecule has 0 radical (unpaired) electrons. The number of carbonyl (C=O) groups is 1. The summed E-state index contributed by atoms with van der Waals surface area (Å²) in [6, 6.07) is 3.04. The maximum atomic E-state index is 11.0. The lowest BCUT2D eigenvalue weighted by Crippen LogP contribution is -2.06. The highest BCUT2D eigenvalue weighted by Crippen LogP contribution is 2.12. The molecule has 0 aliphatic rings. The van der Waals surface area contributed by atoms with Crippen molar-refractivity contribution >= 4 is 11.8 Å². The number of aryl methyl sites for hydroxylation is 2. The average molecular weight is 262 g/mol. The van der Waals surface area contributed by atoms with Crippen molar-refractivity contribution in [3.8, 4) is 0 Å². The van der Waals surface area contributed by atoms with Crippen molar-refractivity contribution in [1.82, 2.24) is 15.1 Å². The lowest BCUT2D eigenvalue weighted by molar-refractivity contribution is 0.0696. The molecule has 0 fully saturated rings. The number of carboxylic acid groups (broad SMARTS) is 1. The first kappa shape index (κ1) is 13.0. The van der Waals surface area contributed by atoms with Gasteiger partial charge in [-0.1, -0.05) is 12.1 Å². The lowest BCUT2D eigenvalue weighted by Gasteiger charge is -2.06. The maximum Gasteiger partial charge on any atom is 0.335 e. The molecular weight excluding hydrogens is 248 g/mol. The first-order valence-electron chi connectivity index (χ1n) is 5.85. The van der Waals surface area contributed by atoms with Crippen LogP contribution in [0.3, 0.4) is 0 Å². The first-order chi connectivity index (χ1) is 9.08. The molecule has 0 spiro atoms. The highest BCUT2D eigenvalue weighted by Gasteiger charge is 2.09. The highest BCUT2D eigenvalue weighted by atomic mass is 16.5. The van der Waals surface area contributed by atoms with Crippen molar-refractivity contribution in [3.63, 3.8) is 0 Å². The SMILES string of the molecule is CCc1cc(C(=O)O)cc(NCc2nc(C)no2)n1. The molecule has 0 saturated heterocycles. The fourth-order valence-corrected chi connectivity index (χ4v) is 1.56. The number of aromatic nitrogens is 3. The second-order valence-electron chi connectivity index (χ2n) is 3.98. The summed E-state index contributed by atoms with van der Waals surface area (Å²) >= 11 is 0. The Bertz CT molecular complexity index is 594. The summed E-state index contributed by atoms with van der Waals surface area (Å²) in [5, 5.41) is 15.7. The van der Waals surface area contributed by atoms with E-state index in [4.69, 9.17) is 9.63 Å². The van der Waals surface area contributed by atoms with Gasteiger partial charge in [0.15, 0.2) is 5.82 Å². The average Bonchev–Trinajstić information content (AvgIpc) is 2.81. The number of nitrogens with zero attached hydrogens (tertiary/aromatic N) is 3. The van der Waals surface area contributed by atoms with Gasteiger partial charge in [-0.15, -0.1) is 0 Å². The van der Waals surface area contributed by atoms with Crippen LogP contribution in [0.15, 0.2) is 16.7 Å². The van der Waals surface area contributed by atoms with E-state index in [2.05, 4.69) is 20.4 Å². The molecule has 0 aliphatic heterocycles. The fourth-order valence-electron chi connectivity index (χ4n) is 1.56. The van der Waals surface area contributed by atoms with Crippen LogP contribution in [-0.4, -0.2) is 26.2 Å². The number of rotatable bonds is 5. The Labute approximate surface area is 109 Å². The zero-order valence-corrected chi connectivity index (χ0v) is 10.7. The number of carboxylic acids is 1. The molecular formula is C12H14N4O3. The smallest absolute Gasteiger partial charge is 0.335 e. The molecule has 2 N–H and O–H groups in total. The van der Waals surface area contributed by atoms with Crippen LogP contribution in [-0.2, 0) is 13.0 Å². The topological polar surface area (TPSA) is 101 Å². The highest BCUT2D eigenvalue weighted by molar-refractivity contribution is 5.88. The third kappa shape index (κ3) is 3.27. The minimum absolute atomic E-state index is 0.205. The zero-order valence-electron chi connectivity index (χ0n) is 10.7. The van der Waals surface area contributed by atoms with Crippen LogP contribution in [0.4, 0.5) is 5.82 Å². The standard InChI is InChI=1S/C12H14N4O3/c1-3-9-4-8(12(17)18)5-10(15-9)13-6-11-14-7(2)16-19-11/h4-5H,3,6H2,1-2H3,(H,13,15)(H,17,18). The van der Waals surface area contributed by atoms with Gasteiger partial charge in [0.2, 0.25) is 5.89 Å². The van der Waals surface area contributed by atoms with Gasteiger partial charge in [0, 0.05) is 5.69 Å². The van der Waals surface area contributed by atoms with E-state index in [0.29, 0.717) is 36.2 Å². The van der Waals surface area contributed by atoms with Crippen LogP contribution in [0, 0.1) is 6.92 Å². The van der Waals surface area contributed by atoms with Crippen molar-refractivity contribution in [2.75, 3.05) is 5.32 Å². The molecule has 7 heteroatoms. The van der Waals surface area contributed by atoms with Gasteiger partial charge in [-0.2, -0.15) is 4.98 Å². The lowest BCUT2D eigenvalue weighted by atomic mass is 10.2. The molecule has 7 nitrogen and oxygen atoms in total. The summed E-state index contributed by atoms with van der Waals surface area (Å²) in [6.45, 7) is 3.95. The third-order valence-corrected chi connectivity index (χ3v) is 2.48. The summed E-state index contributed by atoms with van der Waals surface area (Å²) in [7, 11) is 0. The van der Waals surface area contributed by atoms with Crippen molar-refractivity contribution in [2.45, 2.75) is 26.8 Å². The van der Waals surface area contributed by atoms with Gasteiger partial charge in [0.05, 0.1) is 12.1 Å². The van der Waals surface area contributed by atoms with Crippen molar-refractivity contribution in [1.29, 1.82) is 0 Å². The van der Waals surface area contributed by atoms with Crippen LogP contribution in [0.5, 0.6) is 0 Å². The fraction of sp³-hybridized carbons (Fsp3) is 0.333. The van der Waals surface area contributed by atoms with Crippen LogP contribution in [0.1, 0.15) is 34.7 Å². The van der Waals surface area contributed by atoms with Gasteiger partial charge in [-0.05, 0) is 25.5 Å². The second-order valence-corrected chi connectivity index (χ2v) is 3.98. The largest absolute Gasteiger partial charge is 0.478 e. The minimum Gasteiger partial charge on any atom is -0.478 e. The van der Waals surface area contributed by atoms with E-state index in [1.807, 2.05) is 6.92 Å². The Morgan fingerprint density at radius 1 is 1.42 bits per heavy atom. The van der Waals surface area contributed by atoms with Gasteiger partial charge in [-0.3, -0.25) is 0 Å². The number of hydrogen-bond acceptors (Lipinski definition) is 6. The molecule has 19 heavy (non-hydrogen) atoms. The van der Waals surface area contributed by atoms with Crippen LogP contribution in [0.25, 0.3) is 0 Å². The number of anilines is 1. The summed E-state index contributed by atoms with van der Waals surface area (Å²) in [6.07, 6.45) is 0.662. The van der Waals surface area contributed by atoms with E-state index in [0.717, 1.165) is 0 Å². The van der Waals surface area contributed by atoms with Crippen molar-refractivity contribution in [3.05, 3.63) is 35.1 Å². The molecule has 0 bridgehead atoms. The van der Waals surface area contributed by atoms with Gasteiger partial charge in [-0.25, -0.2) is 9.78 Å². The summed E-state index contributed by atoms with van der Waals surface area (Å²) < 4.78 is 4.95. The molecule has 2 heterocycles. The molecule has 0 saturated carbocycles. The van der Waals surface area contributed by atoms with Gasteiger partial charge in [0.1, 0.15) is 5.82 Å². The molecule has 2 aromatic rings. The number of hydrogen-bond donors (Lipinski definition) is 2. The monoisotopic (exact) mass is 262 g/mol. The quantitative estimate of drug-likeness (QED) is 0.844. The molecule has 0 atom stereocenters. The van der Waals surface area contributed by atoms with Crippen molar-refractivity contribution in [2.24, 2.45) is 0 Å². The predicted molar refractivity (Wildman–Crippen MR) is 66.9 cm³/mol. The number of nitrogens with one attached hydrogen (secondary N) is 1. The van der Waals surface area contributed by atoms with E-state index in [9.17, 15) is 4.79 Å². The molecule has 2 aromatic heterocycles. The van der Waals surface area contributed by atoms with E-state index < -0.39 is 5.97 Å². The van der Waals surface area contributed by atoms with E-state index in [1.165, 1.54) is 6.07 Å². The molecule has 0 aromatic carbocycles. The van der Waals surface area contributed by atoms with Crippen LogP contribution < -0.4 is 5.32 Å². The summed E-state index contributed by atoms with van der Waals surface area (Å²) in [5.41, 5.74) is 0.917. The van der Waals surface area contributed by atoms with Crippen LogP contribution >= 0.6 is 0 Å². The number of aromatic carboxylic acids is 1. The predicted octanol–water partition coefficient (Wildman–Crippen LogP) is 1.65. The molecule has 0 amide bonds. The Morgan fingerprint density at radius 2 is 2.21 bits per heavy atom. The maximum absolute atomic E-state index is 11.0. The first-order valence-corrected chi connectivity index (χ1v) is 5.85. The van der Waals surface area contributed by atoms with Crippen LogP contribution in [0.2, 0.25) is 0 Å². The Hall–Kier alpha value is -2.44. The normalized spacial score (nSPS) is 10.4. The molecule has 100 valence electrons. The summed E-state index contributed by atoms with van der Waals surface area (Å²) in [5.74, 6) is 0.484.